The van der Waals surface area contributed by atoms with E-state index in [9.17, 15) is 0 Å². The van der Waals surface area contributed by atoms with E-state index in [0.29, 0.717) is 0 Å². The summed E-state index contributed by atoms with van der Waals surface area (Å²) in [6.07, 6.45) is 3.77. The monoisotopic (exact) mass is 280 g/mol. The second-order valence-corrected chi connectivity index (χ2v) is 5.42. The minimum absolute atomic E-state index is 0.107. The van der Waals surface area contributed by atoms with E-state index < -0.39 is 0 Å². The molecule has 0 aliphatic carbocycles. The molecule has 3 aromatic rings. The Labute approximate surface area is 125 Å². The highest BCUT2D eigenvalue weighted by atomic mass is 16.3. The van der Waals surface area contributed by atoms with Crippen LogP contribution in [0.2, 0.25) is 0 Å². The second-order valence-electron chi connectivity index (χ2n) is 5.42. The molecule has 1 aromatic carbocycles. The highest BCUT2D eigenvalue weighted by molar-refractivity contribution is 5.85. The van der Waals surface area contributed by atoms with E-state index in [1.807, 2.05) is 39.4 Å². The molecule has 3 rings (SSSR count). The van der Waals surface area contributed by atoms with Crippen molar-refractivity contribution in [1.82, 2.24) is 10.3 Å². The summed E-state index contributed by atoms with van der Waals surface area (Å²) in [5.74, 6) is 1.96. The average molecular weight is 280 g/mol. The van der Waals surface area contributed by atoms with E-state index >= 15 is 0 Å². The molecule has 3 heteroatoms. The summed E-state index contributed by atoms with van der Waals surface area (Å²) in [6.45, 7) is 6.17. The predicted molar refractivity (Wildman–Crippen MR) is 85.6 cm³/mol. The minimum Gasteiger partial charge on any atom is -0.466 e. The van der Waals surface area contributed by atoms with Crippen molar-refractivity contribution in [2.45, 2.75) is 26.8 Å². The van der Waals surface area contributed by atoms with Gasteiger partial charge in [-0.2, -0.15) is 0 Å². The minimum atomic E-state index is 0.107. The van der Waals surface area contributed by atoms with Crippen LogP contribution in [0.5, 0.6) is 0 Å². The number of benzene rings is 1. The summed E-state index contributed by atoms with van der Waals surface area (Å²) in [7, 11) is 1.99. The quantitative estimate of drug-likeness (QED) is 0.786. The Balaban J connectivity index is 2.23. The topological polar surface area (TPSA) is 38.1 Å². The first-order valence-corrected chi connectivity index (χ1v) is 7.20. The standard InChI is InChI=1S/C18H20N2O/c1-11-12(2)21-13(3)17(11)18(19-4)15-7-5-6-14-8-9-20-10-16(14)15/h5-10,18-19H,1-4H3. The lowest BCUT2D eigenvalue weighted by Gasteiger charge is -2.19. The Morgan fingerprint density at radius 3 is 2.57 bits per heavy atom. The summed E-state index contributed by atoms with van der Waals surface area (Å²) < 4.78 is 5.81. The van der Waals surface area contributed by atoms with Gasteiger partial charge in [0.2, 0.25) is 0 Å². The number of fused-ring (bicyclic) bond motifs is 1. The number of hydrogen-bond acceptors (Lipinski definition) is 3. The van der Waals surface area contributed by atoms with Crippen molar-refractivity contribution < 1.29 is 4.42 Å². The van der Waals surface area contributed by atoms with Crippen LogP contribution in [0.1, 0.15) is 34.3 Å². The molecule has 1 unspecified atom stereocenters. The van der Waals surface area contributed by atoms with Crippen LogP contribution in [0.4, 0.5) is 0 Å². The third kappa shape index (κ3) is 2.24. The predicted octanol–water partition coefficient (Wildman–Crippen LogP) is 4.06. The summed E-state index contributed by atoms with van der Waals surface area (Å²) in [5.41, 5.74) is 3.68. The number of aryl methyl sites for hydroxylation is 2. The van der Waals surface area contributed by atoms with Gasteiger partial charge in [0, 0.05) is 23.3 Å². The number of rotatable bonds is 3. The molecule has 3 nitrogen and oxygen atoms in total. The van der Waals surface area contributed by atoms with E-state index in [2.05, 4.69) is 35.4 Å². The zero-order valence-corrected chi connectivity index (χ0v) is 12.9. The first-order chi connectivity index (χ1) is 10.1. The fourth-order valence-corrected chi connectivity index (χ4v) is 3.08. The molecule has 0 spiro atoms. The molecule has 2 heterocycles. The largest absolute Gasteiger partial charge is 0.466 e. The van der Waals surface area contributed by atoms with Gasteiger partial charge in [0.1, 0.15) is 11.5 Å². The molecule has 0 radical (unpaired) electrons. The van der Waals surface area contributed by atoms with Gasteiger partial charge in [-0.1, -0.05) is 18.2 Å². The van der Waals surface area contributed by atoms with Crippen molar-refractivity contribution in [2.24, 2.45) is 0 Å². The number of furan rings is 1. The Kier molecular flexibility index (Phi) is 3.52. The smallest absolute Gasteiger partial charge is 0.106 e. The Hall–Kier alpha value is -2.13. The lowest BCUT2D eigenvalue weighted by atomic mass is 9.92. The maximum Gasteiger partial charge on any atom is 0.106 e. The van der Waals surface area contributed by atoms with Crippen LogP contribution in [0.15, 0.2) is 41.1 Å². The fourth-order valence-electron chi connectivity index (χ4n) is 3.08. The van der Waals surface area contributed by atoms with Gasteiger partial charge in [0.15, 0.2) is 0 Å². The number of nitrogens with one attached hydrogen (secondary N) is 1. The summed E-state index contributed by atoms with van der Waals surface area (Å²) in [5, 5.41) is 5.82. The van der Waals surface area contributed by atoms with Crippen LogP contribution in [0.25, 0.3) is 10.8 Å². The van der Waals surface area contributed by atoms with Gasteiger partial charge in [-0.25, -0.2) is 0 Å². The van der Waals surface area contributed by atoms with Crippen molar-refractivity contribution in [3.63, 3.8) is 0 Å². The lowest BCUT2D eigenvalue weighted by molar-refractivity contribution is 0.496. The number of nitrogens with zero attached hydrogens (tertiary/aromatic N) is 1. The zero-order valence-electron chi connectivity index (χ0n) is 12.9. The van der Waals surface area contributed by atoms with Crippen molar-refractivity contribution >= 4 is 10.8 Å². The molecule has 0 saturated carbocycles. The van der Waals surface area contributed by atoms with Crippen LogP contribution in [-0.4, -0.2) is 12.0 Å². The van der Waals surface area contributed by atoms with Crippen molar-refractivity contribution in [3.05, 3.63) is 64.9 Å². The molecular weight excluding hydrogens is 260 g/mol. The third-order valence-electron chi connectivity index (χ3n) is 4.22. The molecule has 0 aliphatic heterocycles. The van der Waals surface area contributed by atoms with Crippen molar-refractivity contribution in [1.29, 1.82) is 0 Å². The fraction of sp³-hybridized carbons (Fsp3) is 0.278. The second kappa shape index (κ2) is 5.34. The molecule has 1 N–H and O–H groups in total. The number of pyridine rings is 1. The Morgan fingerprint density at radius 2 is 1.90 bits per heavy atom. The maximum absolute atomic E-state index is 5.81. The lowest BCUT2D eigenvalue weighted by Crippen LogP contribution is -2.19. The summed E-state index contributed by atoms with van der Waals surface area (Å²) in [6, 6.07) is 8.53. The highest BCUT2D eigenvalue weighted by Crippen LogP contribution is 2.34. The summed E-state index contributed by atoms with van der Waals surface area (Å²) in [4.78, 5) is 4.28. The molecule has 0 aliphatic rings. The van der Waals surface area contributed by atoms with E-state index in [1.165, 1.54) is 27.5 Å². The Morgan fingerprint density at radius 1 is 1.10 bits per heavy atom. The maximum atomic E-state index is 5.81. The van der Waals surface area contributed by atoms with E-state index in [-0.39, 0.29) is 6.04 Å². The Bertz CT molecular complexity index is 784. The summed E-state index contributed by atoms with van der Waals surface area (Å²) >= 11 is 0. The van der Waals surface area contributed by atoms with E-state index in [1.54, 1.807) is 0 Å². The van der Waals surface area contributed by atoms with Crippen molar-refractivity contribution in [3.8, 4) is 0 Å². The van der Waals surface area contributed by atoms with Crippen LogP contribution < -0.4 is 5.32 Å². The molecule has 21 heavy (non-hydrogen) atoms. The van der Waals surface area contributed by atoms with Gasteiger partial charge >= 0.3 is 0 Å². The first-order valence-electron chi connectivity index (χ1n) is 7.20. The SMILES string of the molecule is CNC(c1c(C)oc(C)c1C)c1cccc2ccncc12. The van der Waals surface area contributed by atoms with Gasteiger partial charge < -0.3 is 9.73 Å². The van der Waals surface area contributed by atoms with Gasteiger partial charge in [-0.15, -0.1) is 0 Å². The van der Waals surface area contributed by atoms with E-state index in [0.717, 1.165) is 11.5 Å². The van der Waals surface area contributed by atoms with E-state index in [4.69, 9.17) is 4.42 Å². The molecular formula is C18H20N2O. The number of aromatic nitrogens is 1. The molecule has 0 amide bonds. The van der Waals surface area contributed by atoms with Gasteiger partial charge in [0.05, 0.1) is 6.04 Å². The third-order valence-corrected chi connectivity index (χ3v) is 4.22. The highest BCUT2D eigenvalue weighted by Gasteiger charge is 2.22. The first kappa shape index (κ1) is 13.8. The van der Waals surface area contributed by atoms with Crippen LogP contribution in [0.3, 0.4) is 0 Å². The van der Waals surface area contributed by atoms with Gasteiger partial charge in [0.25, 0.3) is 0 Å². The van der Waals surface area contributed by atoms with Gasteiger partial charge in [-0.05, 0) is 50.4 Å². The molecule has 1 atom stereocenters. The average Bonchev–Trinajstić information content (AvgIpc) is 2.75. The molecule has 0 fully saturated rings. The van der Waals surface area contributed by atoms with Gasteiger partial charge in [-0.3, -0.25) is 4.98 Å². The molecule has 0 saturated heterocycles. The normalized spacial score (nSPS) is 12.8. The van der Waals surface area contributed by atoms with Crippen LogP contribution in [0, 0.1) is 20.8 Å². The molecule has 0 bridgehead atoms. The van der Waals surface area contributed by atoms with Crippen LogP contribution >= 0.6 is 0 Å². The number of hydrogen-bond donors (Lipinski definition) is 1. The van der Waals surface area contributed by atoms with Crippen LogP contribution in [-0.2, 0) is 0 Å². The van der Waals surface area contributed by atoms with Crippen molar-refractivity contribution in [2.75, 3.05) is 7.05 Å². The molecule has 2 aromatic heterocycles. The zero-order chi connectivity index (χ0) is 15.0. The molecule has 108 valence electrons.